The third-order valence-corrected chi connectivity index (χ3v) is 4.77. The van der Waals surface area contributed by atoms with E-state index < -0.39 is 0 Å². The van der Waals surface area contributed by atoms with Gasteiger partial charge in [-0.25, -0.2) is 0 Å². The van der Waals surface area contributed by atoms with Gasteiger partial charge >= 0.3 is 0 Å². The van der Waals surface area contributed by atoms with Crippen LogP contribution in [0.3, 0.4) is 0 Å². The molecular weight excluding hydrogens is 310 g/mol. The van der Waals surface area contributed by atoms with Crippen LogP contribution in [0.15, 0.2) is 18.2 Å². The number of piperazine rings is 1. The first-order valence-electron chi connectivity index (χ1n) is 7.86. The Bertz CT molecular complexity index is 569. The van der Waals surface area contributed by atoms with E-state index in [0.717, 1.165) is 24.3 Å². The molecule has 1 aliphatic heterocycles. The Hall–Kier alpha value is -1.53. The van der Waals surface area contributed by atoms with Crippen LogP contribution in [0.2, 0.25) is 0 Å². The van der Waals surface area contributed by atoms with Crippen LogP contribution in [0, 0.1) is 13.8 Å². The van der Waals surface area contributed by atoms with Gasteiger partial charge in [-0.05, 0) is 37.3 Å². The van der Waals surface area contributed by atoms with Gasteiger partial charge in [-0.3, -0.25) is 14.5 Å². The Kier molecular flexibility index (Phi) is 6.47. The number of hydrogen-bond acceptors (Lipinski definition) is 4. The van der Waals surface area contributed by atoms with Crippen molar-refractivity contribution in [2.75, 3.05) is 50.0 Å². The molecule has 1 heterocycles. The highest BCUT2D eigenvalue weighted by Crippen LogP contribution is 2.18. The summed E-state index contributed by atoms with van der Waals surface area (Å²) >= 11 is 1.55. The summed E-state index contributed by atoms with van der Waals surface area (Å²) in [6.45, 7) is 7.34. The van der Waals surface area contributed by atoms with Crippen molar-refractivity contribution in [2.45, 2.75) is 13.8 Å². The van der Waals surface area contributed by atoms with Crippen LogP contribution >= 0.6 is 11.8 Å². The van der Waals surface area contributed by atoms with Crippen molar-refractivity contribution in [3.05, 3.63) is 29.3 Å². The largest absolute Gasteiger partial charge is 0.339 e. The fourth-order valence-electron chi connectivity index (χ4n) is 2.65. The number of amides is 2. The van der Waals surface area contributed by atoms with Gasteiger partial charge in [0, 0.05) is 31.9 Å². The molecule has 2 rings (SSSR count). The number of rotatable bonds is 5. The van der Waals surface area contributed by atoms with E-state index >= 15 is 0 Å². The first-order chi connectivity index (χ1) is 11.0. The summed E-state index contributed by atoms with van der Waals surface area (Å²) in [6, 6.07) is 5.92. The molecule has 1 aliphatic rings. The van der Waals surface area contributed by atoms with Crippen molar-refractivity contribution in [2.24, 2.45) is 0 Å². The molecule has 5 nitrogen and oxygen atoms in total. The molecule has 0 unspecified atom stereocenters. The number of nitrogens with one attached hydrogen (secondary N) is 1. The summed E-state index contributed by atoms with van der Waals surface area (Å²) in [5.41, 5.74) is 3.15. The van der Waals surface area contributed by atoms with Crippen molar-refractivity contribution in [1.29, 1.82) is 0 Å². The minimum absolute atomic E-state index is 0.00240. The van der Waals surface area contributed by atoms with Crippen LogP contribution in [0.5, 0.6) is 0 Å². The second kappa shape index (κ2) is 8.36. The molecule has 0 aliphatic carbocycles. The van der Waals surface area contributed by atoms with Gasteiger partial charge in [0.2, 0.25) is 11.8 Å². The normalized spacial score (nSPS) is 15.5. The Morgan fingerprint density at radius 3 is 2.52 bits per heavy atom. The fourth-order valence-corrected chi connectivity index (χ4v) is 3.08. The predicted octanol–water partition coefficient (Wildman–Crippen LogP) is 1.75. The van der Waals surface area contributed by atoms with E-state index in [-0.39, 0.29) is 11.8 Å². The molecule has 23 heavy (non-hydrogen) atoms. The van der Waals surface area contributed by atoms with Crippen molar-refractivity contribution in [1.82, 2.24) is 9.80 Å². The van der Waals surface area contributed by atoms with Gasteiger partial charge in [0.15, 0.2) is 0 Å². The molecule has 0 saturated carbocycles. The molecule has 1 fully saturated rings. The van der Waals surface area contributed by atoms with E-state index in [4.69, 9.17) is 0 Å². The van der Waals surface area contributed by atoms with Crippen LogP contribution < -0.4 is 5.32 Å². The SMILES string of the molecule is CSCC(=O)N1CCN(CC(=O)Nc2cccc(C)c2C)CC1. The fraction of sp³-hybridized carbons (Fsp3) is 0.529. The lowest BCUT2D eigenvalue weighted by Crippen LogP contribution is -2.50. The molecule has 0 aromatic heterocycles. The predicted molar refractivity (Wildman–Crippen MR) is 95.9 cm³/mol. The second-order valence-corrected chi connectivity index (χ2v) is 6.75. The third-order valence-electron chi connectivity index (χ3n) is 4.24. The number of thioether (sulfide) groups is 1. The monoisotopic (exact) mass is 335 g/mol. The molecule has 6 heteroatoms. The van der Waals surface area contributed by atoms with Crippen molar-refractivity contribution in [3.63, 3.8) is 0 Å². The van der Waals surface area contributed by atoms with Crippen molar-refractivity contribution in [3.8, 4) is 0 Å². The van der Waals surface area contributed by atoms with E-state index in [9.17, 15) is 9.59 Å². The first kappa shape index (κ1) is 17.8. The van der Waals surface area contributed by atoms with Crippen LogP contribution in [0.4, 0.5) is 5.69 Å². The van der Waals surface area contributed by atoms with Crippen LogP contribution in [0.1, 0.15) is 11.1 Å². The molecule has 0 bridgehead atoms. The Labute approximate surface area is 142 Å². The minimum atomic E-state index is 0.00240. The molecule has 1 N–H and O–H groups in total. The highest BCUT2D eigenvalue weighted by Gasteiger charge is 2.22. The minimum Gasteiger partial charge on any atom is -0.339 e. The smallest absolute Gasteiger partial charge is 0.238 e. The second-order valence-electron chi connectivity index (χ2n) is 5.89. The molecule has 0 radical (unpaired) electrons. The van der Waals surface area contributed by atoms with Gasteiger partial charge in [0.1, 0.15) is 0 Å². The van der Waals surface area contributed by atoms with Crippen molar-refractivity contribution < 1.29 is 9.59 Å². The van der Waals surface area contributed by atoms with E-state index in [1.54, 1.807) is 11.8 Å². The maximum Gasteiger partial charge on any atom is 0.238 e. The first-order valence-corrected chi connectivity index (χ1v) is 9.25. The number of hydrogen-bond donors (Lipinski definition) is 1. The average molecular weight is 335 g/mol. The summed E-state index contributed by atoms with van der Waals surface area (Å²) in [4.78, 5) is 28.1. The topological polar surface area (TPSA) is 52.7 Å². The summed E-state index contributed by atoms with van der Waals surface area (Å²) in [7, 11) is 0. The number of carbonyl (C=O) groups is 2. The molecule has 126 valence electrons. The molecule has 1 aromatic rings. The van der Waals surface area contributed by atoms with E-state index in [2.05, 4.69) is 10.2 Å². The van der Waals surface area contributed by atoms with Gasteiger partial charge < -0.3 is 10.2 Å². The number of carbonyl (C=O) groups excluding carboxylic acids is 2. The highest BCUT2D eigenvalue weighted by molar-refractivity contribution is 7.99. The van der Waals surface area contributed by atoms with Crippen LogP contribution in [-0.4, -0.2) is 66.3 Å². The maximum atomic E-state index is 12.2. The maximum absolute atomic E-state index is 12.2. The quantitative estimate of drug-likeness (QED) is 0.891. The number of nitrogens with zero attached hydrogens (tertiary/aromatic N) is 2. The average Bonchev–Trinajstić information content (AvgIpc) is 2.53. The summed E-state index contributed by atoms with van der Waals surface area (Å²) in [5.74, 6) is 0.729. The van der Waals surface area contributed by atoms with Gasteiger partial charge in [-0.15, -0.1) is 0 Å². The number of anilines is 1. The zero-order valence-corrected chi connectivity index (χ0v) is 14.9. The van der Waals surface area contributed by atoms with E-state index in [1.807, 2.05) is 43.2 Å². The highest BCUT2D eigenvalue weighted by atomic mass is 32.2. The summed E-state index contributed by atoms with van der Waals surface area (Å²) < 4.78 is 0. The number of benzene rings is 1. The summed E-state index contributed by atoms with van der Waals surface area (Å²) in [5, 5.41) is 2.99. The molecule has 1 aromatic carbocycles. The van der Waals surface area contributed by atoms with Gasteiger partial charge in [0.25, 0.3) is 0 Å². The molecule has 0 spiro atoms. The summed E-state index contributed by atoms with van der Waals surface area (Å²) in [6.07, 6.45) is 1.94. The van der Waals surface area contributed by atoms with Gasteiger partial charge in [-0.1, -0.05) is 12.1 Å². The standard InChI is InChI=1S/C17H25N3O2S/c1-13-5-4-6-15(14(13)2)18-16(21)11-19-7-9-20(10-8-19)17(22)12-23-3/h4-6H,7-12H2,1-3H3,(H,18,21). The molecule has 1 saturated heterocycles. The Morgan fingerprint density at radius 2 is 1.87 bits per heavy atom. The Morgan fingerprint density at radius 1 is 1.17 bits per heavy atom. The zero-order valence-electron chi connectivity index (χ0n) is 14.1. The van der Waals surface area contributed by atoms with Crippen LogP contribution in [0.25, 0.3) is 0 Å². The molecule has 0 atom stereocenters. The van der Waals surface area contributed by atoms with Crippen molar-refractivity contribution >= 4 is 29.3 Å². The third kappa shape index (κ3) is 4.97. The lowest BCUT2D eigenvalue weighted by Gasteiger charge is -2.34. The molecule has 2 amide bonds. The van der Waals surface area contributed by atoms with Gasteiger partial charge in [-0.2, -0.15) is 11.8 Å². The van der Waals surface area contributed by atoms with E-state index in [0.29, 0.717) is 25.4 Å². The van der Waals surface area contributed by atoms with E-state index in [1.165, 1.54) is 5.56 Å². The number of aryl methyl sites for hydroxylation is 1. The Balaban J connectivity index is 1.81. The zero-order chi connectivity index (χ0) is 16.8. The van der Waals surface area contributed by atoms with Gasteiger partial charge in [0.05, 0.1) is 12.3 Å². The van der Waals surface area contributed by atoms with Crippen LogP contribution in [-0.2, 0) is 9.59 Å². The lowest BCUT2D eigenvalue weighted by molar-refractivity contribution is -0.130. The molecular formula is C17H25N3O2S. The lowest BCUT2D eigenvalue weighted by atomic mass is 10.1.